The SMILES string of the molecule is CC(C)Nc1nccn1CCCN1CCOCC1. The minimum Gasteiger partial charge on any atom is -0.379 e. The van der Waals surface area contributed by atoms with Crippen LogP contribution in [0, 0.1) is 0 Å². The molecule has 0 bridgehead atoms. The van der Waals surface area contributed by atoms with Crippen LogP contribution in [0.2, 0.25) is 0 Å². The highest BCUT2D eigenvalue weighted by Gasteiger charge is 2.10. The molecule has 5 heteroatoms. The molecule has 0 radical (unpaired) electrons. The average Bonchev–Trinajstić information content (AvgIpc) is 2.77. The van der Waals surface area contributed by atoms with Crippen molar-refractivity contribution in [1.29, 1.82) is 0 Å². The summed E-state index contributed by atoms with van der Waals surface area (Å²) < 4.78 is 7.54. The van der Waals surface area contributed by atoms with E-state index in [4.69, 9.17) is 4.74 Å². The summed E-state index contributed by atoms with van der Waals surface area (Å²) in [7, 11) is 0. The number of morpholine rings is 1. The lowest BCUT2D eigenvalue weighted by atomic mass is 10.3. The third-order valence-corrected chi connectivity index (χ3v) is 3.11. The molecule has 0 aromatic carbocycles. The lowest BCUT2D eigenvalue weighted by Crippen LogP contribution is -2.37. The number of hydrogen-bond acceptors (Lipinski definition) is 4. The number of imidazole rings is 1. The molecule has 2 rings (SSSR count). The molecule has 0 amide bonds. The van der Waals surface area contributed by atoms with Gasteiger partial charge in [0.25, 0.3) is 0 Å². The van der Waals surface area contributed by atoms with E-state index in [0.717, 1.165) is 51.8 Å². The molecule has 102 valence electrons. The molecule has 5 nitrogen and oxygen atoms in total. The Kier molecular flexibility index (Phi) is 5.01. The number of anilines is 1. The maximum Gasteiger partial charge on any atom is 0.202 e. The van der Waals surface area contributed by atoms with E-state index in [2.05, 4.69) is 33.6 Å². The first kappa shape index (κ1) is 13.4. The Balaban J connectivity index is 1.74. The highest BCUT2D eigenvalue weighted by atomic mass is 16.5. The number of rotatable bonds is 6. The van der Waals surface area contributed by atoms with Crippen LogP contribution < -0.4 is 5.32 Å². The summed E-state index contributed by atoms with van der Waals surface area (Å²) in [5.74, 6) is 0.979. The Hall–Kier alpha value is -1.07. The van der Waals surface area contributed by atoms with Crippen LogP contribution in [0.5, 0.6) is 0 Å². The van der Waals surface area contributed by atoms with E-state index in [0.29, 0.717) is 6.04 Å². The van der Waals surface area contributed by atoms with E-state index >= 15 is 0 Å². The molecule has 0 spiro atoms. The Bertz CT molecular complexity index is 345. The van der Waals surface area contributed by atoms with Crippen molar-refractivity contribution in [2.75, 3.05) is 38.2 Å². The van der Waals surface area contributed by atoms with Crippen molar-refractivity contribution in [3.63, 3.8) is 0 Å². The third kappa shape index (κ3) is 3.99. The van der Waals surface area contributed by atoms with Crippen LogP contribution in [0.25, 0.3) is 0 Å². The molecule has 1 aliphatic heterocycles. The fourth-order valence-corrected chi connectivity index (χ4v) is 2.18. The second kappa shape index (κ2) is 6.75. The lowest BCUT2D eigenvalue weighted by molar-refractivity contribution is 0.0369. The molecule has 1 N–H and O–H groups in total. The molecule has 1 aromatic rings. The minimum atomic E-state index is 0.422. The number of ether oxygens (including phenoxy) is 1. The van der Waals surface area contributed by atoms with Crippen LogP contribution in [-0.4, -0.2) is 53.3 Å². The van der Waals surface area contributed by atoms with Gasteiger partial charge in [0, 0.05) is 44.6 Å². The molecule has 0 saturated carbocycles. The zero-order chi connectivity index (χ0) is 12.8. The Morgan fingerprint density at radius 3 is 2.83 bits per heavy atom. The first-order valence-electron chi connectivity index (χ1n) is 6.83. The van der Waals surface area contributed by atoms with E-state index in [-0.39, 0.29) is 0 Å². The van der Waals surface area contributed by atoms with Crippen LogP contribution in [0.4, 0.5) is 5.95 Å². The van der Waals surface area contributed by atoms with Gasteiger partial charge in [-0.05, 0) is 20.3 Å². The smallest absolute Gasteiger partial charge is 0.202 e. The third-order valence-electron chi connectivity index (χ3n) is 3.11. The van der Waals surface area contributed by atoms with Gasteiger partial charge < -0.3 is 14.6 Å². The molecule has 2 heterocycles. The number of nitrogens with one attached hydrogen (secondary N) is 1. The largest absolute Gasteiger partial charge is 0.379 e. The molecule has 1 aromatic heterocycles. The van der Waals surface area contributed by atoms with Crippen molar-refractivity contribution in [1.82, 2.24) is 14.5 Å². The quantitative estimate of drug-likeness (QED) is 0.831. The van der Waals surface area contributed by atoms with Gasteiger partial charge in [-0.1, -0.05) is 0 Å². The Morgan fingerprint density at radius 1 is 1.33 bits per heavy atom. The zero-order valence-corrected chi connectivity index (χ0v) is 11.4. The second-order valence-corrected chi connectivity index (χ2v) is 5.05. The standard InChI is InChI=1S/C13H24N4O/c1-12(2)15-13-14-4-7-17(13)6-3-5-16-8-10-18-11-9-16/h4,7,12H,3,5-6,8-11H2,1-2H3,(H,14,15). The van der Waals surface area contributed by atoms with Gasteiger partial charge in [0.1, 0.15) is 0 Å². The average molecular weight is 252 g/mol. The van der Waals surface area contributed by atoms with Crippen LogP contribution in [0.15, 0.2) is 12.4 Å². The summed E-state index contributed by atoms with van der Waals surface area (Å²) >= 11 is 0. The van der Waals surface area contributed by atoms with E-state index in [1.807, 2.05) is 12.4 Å². The van der Waals surface area contributed by atoms with Gasteiger partial charge in [0.15, 0.2) is 0 Å². The van der Waals surface area contributed by atoms with Crippen molar-refractivity contribution in [2.45, 2.75) is 32.9 Å². The van der Waals surface area contributed by atoms with E-state index < -0.39 is 0 Å². The van der Waals surface area contributed by atoms with Gasteiger partial charge in [-0.25, -0.2) is 4.98 Å². The maximum atomic E-state index is 5.35. The summed E-state index contributed by atoms with van der Waals surface area (Å²) in [5.41, 5.74) is 0. The van der Waals surface area contributed by atoms with Crippen molar-refractivity contribution < 1.29 is 4.74 Å². The number of hydrogen-bond donors (Lipinski definition) is 1. The maximum absolute atomic E-state index is 5.35. The molecular formula is C13H24N4O. The lowest BCUT2D eigenvalue weighted by Gasteiger charge is -2.26. The molecule has 1 fully saturated rings. The first-order valence-corrected chi connectivity index (χ1v) is 6.83. The monoisotopic (exact) mass is 252 g/mol. The molecule has 0 unspecified atom stereocenters. The van der Waals surface area contributed by atoms with Crippen molar-refractivity contribution in [3.8, 4) is 0 Å². The Labute approximate surface area is 109 Å². The van der Waals surface area contributed by atoms with Gasteiger partial charge in [-0.15, -0.1) is 0 Å². The fourth-order valence-electron chi connectivity index (χ4n) is 2.18. The molecule has 0 aliphatic carbocycles. The van der Waals surface area contributed by atoms with Crippen molar-refractivity contribution in [2.24, 2.45) is 0 Å². The summed E-state index contributed by atoms with van der Waals surface area (Å²) in [5, 5.41) is 3.36. The van der Waals surface area contributed by atoms with Crippen molar-refractivity contribution in [3.05, 3.63) is 12.4 Å². The molecule has 1 aliphatic rings. The van der Waals surface area contributed by atoms with E-state index in [9.17, 15) is 0 Å². The fraction of sp³-hybridized carbons (Fsp3) is 0.769. The van der Waals surface area contributed by atoms with Crippen LogP contribution in [0.3, 0.4) is 0 Å². The predicted molar refractivity (Wildman–Crippen MR) is 72.9 cm³/mol. The highest BCUT2D eigenvalue weighted by Crippen LogP contribution is 2.07. The highest BCUT2D eigenvalue weighted by molar-refractivity contribution is 5.26. The van der Waals surface area contributed by atoms with Crippen LogP contribution in [-0.2, 0) is 11.3 Å². The van der Waals surface area contributed by atoms with Gasteiger partial charge in [-0.3, -0.25) is 4.90 Å². The molecule has 18 heavy (non-hydrogen) atoms. The van der Waals surface area contributed by atoms with Crippen molar-refractivity contribution >= 4 is 5.95 Å². The topological polar surface area (TPSA) is 42.3 Å². The first-order chi connectivity index (χ1) is 8.75. The van der Waals surface area contributed by atoms with E-state index in [1.54, 1.807) is 0 Å². The molecular weight excluding hydrogens is 228 g/mol. The van der Waals surface area contributed by atoms with Crippen LogP contribution >= 0.6 is 0 Å². The zero-order valence-electron chi connectivity index (χ0n) is 11.4. The second-order valence-electron chi connectivity index (χ2n) is 5.05. The summed E-state index contributed by atoms with van der Waals surface area (Å²) in [6.07, 6.45) is 5.06. The minimum absolute atomic E-state index is 0.422. The number of aryl methyl sites for hydroxylation is 1. The van der Waals surface area contributed by atoms with E-state index in [1.165, 1.54) is 0 Å². The van der Waals surface area contributed by atoms with Gasteiger partial charge in [0.05, 0.1) is 13.2 Å². The Morgan fingerprint density at radius 2 is 2.11 bits per heavy atom. The van der Waals surface area contributed by atoms with Gasteiger partial charge in [0.2, 0.25) is 5.95 Å². The van der Waals surface area contributed by atoms with Gasteiger partial charge in [-0.2, -0.15) is 0 Å². The number of aromatic nitrogens is 2. The normalized spacial score (nSPS) is 17.3. The van der Waals surface area contributed by atoms with Gasteiger partial charge >= 0.3 is 0 Å². The predicted octanol–water partition coefficient (Wildman–Crippen LogP) is 1.43. The summed E-state index contributed by atoms with van der Waals surface area (Å²) in [6, 6.07) is 0.422. The summed E-state index contributed by atoms with van der Waals surface area (Å²) in [4.78, 5) is 6.81. The summed E-state index contributed by atoms with van der Waals surface area (Å²) in [6.45, 7) is 10.3. The van der Waals surface area contributed by atoms with Crippen LogP contribution in [0.1, 0.15) is 20.3 Å². The molecule has 0 atom stereocenters. The number of nitrogens with zero attached hydrogens (tertiary/aromatic N) is 3. The molecule has 1 saturated heterocycles.